The SMILES string of the molecule is CC1CCC(=O)CC1N1CCSCC1. The Kier molecular flexibility index (Phi) is 3.50. The number of rotatable bonds is 1. The summed E-state index contributed by atoms with van der Waals surface area (Å²) in [5, 5.41) is 0. The van der Waals surface area contributed by atoms with Gasteiger partial charge in [0.15, 0.2) is 0 Å². The molecular weight excluding hydrogens is 194 g/mol. The molecule has 0 spiro atoms. The second-order valence-electron chi connectivity index (χ2n) is 4.47. The molecule has 2 nitrogen and oxygen atoms in total. The first-order valence-corrected chi connectivity index (χ1v) is 6.76. The van der Waals surface area contributed by atoms with Crippen LogP contribution in [0.5, 0.6) is 0 Å². The summed E-state index contributed by atoms with van der Waals surface area (Å²) in [4.78, 5) is 14.0. The van der Waals surface area contributed by atoms with E-state index in [0.717, 1.165) is 25.2 Å². The second kappa shape index (κ2) is 4.67. The Morgan fingerprint density at radius 3 is 2.79 bits per heavy atom. The van der Waals surface area contributed by atoms with Crippen molar-refractivity contribution in [3.8, 4) is 0 Å². The van der Waals surface area contributed by atoms with Crippen LogP contribution >= 0.6 is 11.8 Å². The lowest BCUT2D eigenvalue weighted by atomic mass is 9.84. The number of carbonyl (C=O) groups excluding carboxylic acids is 1. The molecule has 0 aromatic heterocycles. The molecule has 80 valence electrons. The molecule has 0 N–H and O–H groups in total. The van der Waals surface area contributed by atoms with Crippen molar-refractivity contribution in [1.29, 1.82) is 0 Å². The van der Waals surface area contributed by atoms with E-state index in [1.165, 1.54) is 24.6 Å². The predicted octanol–water partition coefficient (Wildman–Crippen LogP) is 1.79. The Labute approximate surface area is 90.4 Å². The largest absolute Gasteiger partial charge is 0.300 e. The van der Waals surface area contributed by atoms with Gasteiger partial charge in [0.2, 0.25) is 0 Å². The van der Waals surface area contributed by atoms with E-state index in [1.807, 2.05) is 11.8 Å². The van der Waals surface area contributed by atoms with Gasteiger partial charge in [0, 0.05) is 43.5 Å². The first-order chi connectivity index (χ1) is 6.77. The van der Waals surface area contributed by atoms with Crippen LogP contribution in [0, 0.1) is 5.92 Å². The third-order valence-corrected chi connectivity index (χ3v) is 4.43. The Hall–Kier alpha value is -0.0200. The van der Waals surface area contributed by atoms with Crippen LogP contribution in [0.4, 0.5) is 0 Å². The summed E-state index contributed by atoms with van der Waals surface area (Å²) in [6.07, 6.45) is 2.74. The van der Waals surface area contributed by atoms with Gasteiger partial charge in [0.05, 0.1) is 0 Å². The molecule has 0 aromatic carbocycles. The lowest BCUT2D eigenvalue weighted by Crippen LogP contribution is -2.47. The van der Waals surface area contributed by atoms with Gasteiger partial charge in [0.1, 0.15) is 5.78 Å². The summed E-state index contributed by atoms with van der Waals surface area (Å²) >= 11 is 2.04. The van der Waals surface area contributed by atoms with Crippen molar-refractivity contribution in [2.45, 2.75) is 32.2 Å². The molecule has 0 aromatic rings. The van der Waals surface area contributed by atoms with Gasteiger partial charge in [0.25, 0.3) is 0 Å². The fourth-order valence-corrected chi connectivity index (χ4v) is 3.45. The molecule has 2 atom stereocenters. The van der Waals surface area contributed by atoms with Crippen molar-refractivity contribution in [3.05, 3.63) is 0 Å². The molecule has 3 heteroatoms. The number of nitrogens with zero attached hydrogens (tertiary/aromatic N) is 1. The average molecular weight is 213 g/mol. The lowest BCUT2D eigenvalue weighted by molar-refractivity contribution is -0.123. The fraction of sp³-hybridized carbons (Fsp3) is 0.909. The van der Waals surface area contributed by atoms with Crippen molar-refractivity contribution in [3.63, 3.8) is 0 Å². The smallest absolute Gasteiger partial charge is 0.134 e. The molecule has 14 heavy (non-hydrogen) atoms. The minimum atomic E-state index is 0.478. The number of carbonyl (C=O) groups is 1. The van der Waals surface area contributed by atoms with Crippen LogP contribution < -0.4 is 0 Å². The van der Waals surface area contributed by atoms with Crippen molar-refractivity contribution in [2.75, 3.05) is 24.6 Å². The number of hydrogen-bond donors (Lipinski definition) is 0. The lowest BCUT2D eigenvalue weighted by Gasteiger charge is -2.39. The van der Waals surface area contributed by atoms with Gasteiger partial charge in [-0.2, -0.15) is 11.8 Å². The zero-order valence-corrected chi connectivity index (χ0v) is 9.68. The Morgan fingerprint density at radius 1 is 1.36 bits per heavy atom. The minimum Gasteiger partial charge on any atom is -0.300 e. The standard InChI is InChI=1S/C11H19NOS/c1-9-2-3-10(13)8-11(9)12-4-6-14-7-5-12/h9,11H,2-8H2,1H3. The van der Waals surface area contributed by atoms with Gasteiger partial charge in [-0.05, 0) is 12.3 Å². The zero-order valence-electron chi connectivity index (χ0n) is 8.87. The average Bonchev–Trinajstić information content (AvgIpc) is 2.23. The third-order valence-electron chi connectivity index (χ3n) is 3.49. The maximum atomic E-state index is 11.4. The van der Waals surface area contributed by atoms with E-state index in [1.54, 1.807) is 0 Å². The van der Waals surface area contributed by atoms with E-state index in [-0.39, 0.29) is 0 Å². The van der Waals surface area contributed by atoms with E-state index in [0.29, 0.717) is 11.8 Å². The highest BCUT2D eigenvalue weighted by Gasteiger charge is 2.31. The monoisotopic (exact) mass is 213 g/mol. The van der Waals surface area contributed by atoms with Crippen molar-refractivity contribution < 1.29 is 4.79 Å². The molecule has 2 fully saturated rings. The summed E-state index contributed by atoms with van der Waals surface area (Å²) in [5.74, 6) is 3.69. The molecule has 1 heterocycles. The van der Waals surface area contributed by atoms with Crippen LogP contribution in [0.25, 0.3) is 0 Å². The van der Waals surface area contributed by atoms with E-state index in [2.05, 4.69) is 11.8 Å². The molecule has 2 unspecified atom stereocenters. The first kappa shape index (κ1) is 10.5. The highest BCUT2D eigenvalue weighted by Crippen LogP contribution is 2.27. The van der Waals surface area contributed by atoms with Gasteiger partial charge in [-0.1, -0.05) is 6.92 Å². The molecule has 0 bridgehead atoms. The van der Waals surface area contributed by atoms with Crippen LogP contribution in [0.1, 0.15) is 26.2 Å². The molecule has 2 rings (SSSR count). The van der Waals surface area contributed by atoms with E-state index < -0.39 is 0 Å². The van der Waals surface area contributed by atoms with E-state index >= 15 is 0 Å². The van der Waals surface area contributed by atoms with Crippen LogP contribution in [0.3, 0.4) is 0 Å². The first-order valence-electron chi connectivity index (χ1n) is 5.61. The van der Waals surface area contributed by atoms with Gasteiger partial charge < -0.3 is 0 Å². The number of hydrogen-bond acceptors (Lipinski definition) is 3. The molecule has 2 aliphatic rings. The number of Topliss-reactive ketones (excluding diaryl/α,β-unsaturated/α-hetero) is 1. The van der Waals surface area contributed by atoms with Gasteiger partial charge in [-0.3, -0.25) is 9.69 Å². The fourth-order valence-electron chi connectivity index (χ4n) is 2.52. The Bertz CT molecular complexity index is 213. The van der Waals surface area contributed by atoms with Gasteiger partial charge >= 0.3 is 0 Å². The highest BCUT2D eigenvalue weighted by molar-refractivity contribution is 7.99. The molecular formula is C11H19NOS. The minimum absolute atomic E-state index is 0.478. The predicted molar refractivity (Wildman–Crippen MR) is 60.7 cm³/mol. The van der Waals surface area contributed by atoms with Crippen LogP contribution in [0.15, 0.2) is 0 Å². The van der Waals surface area contributed by atoms with Crippen molar-refractivity contribution in [1.82, 2.24) is 4.90 Å². The summed E-state index contributed by atoms with van der Waals surface area (Å²) < 4.78 is 0. The number of thioether (sulfide) groups is 1. The second-order valence-corrected chi connectivity index (χ2v) is 5.70. The summed E-state index contributed by atoms with van der Waals surface area (Å²) in [6.45, 7) is 4.68. The zero-order chi connectivity index (χ0) is 9.97. The molecule has 1 aliphatic carbocycles. The molecule has 1 saturated heterocycles. The van der Waals surface area contributed by atoms with Crippen LogP contribution in [0.2, 0.25) is 0 Å². The van der Waals surface area contributed by atoms with E-state index in [9.17, 15) is 4.79 Å². The maximum absolute atomic E-state index is 11.4. The third kappa shape index (κ3) is 2.31. The van der Waals surface area contributed by atoms with Gasteiger partial charge in [-0.15, -0.1) is 0 Å². The van der Waals surface area contributed by atoms with Crippen molar-refractivity contribution in [2.24, 2.45) is 5.92 Å². The quantitative estimate of drug-likeness (QED) is 0.662. The normalized spacial score (nSPS) is 35.9. The highest BCUT2D eigenvalue weighted by atomic mass is 32.2. The number of ketones is 1. The van der Waals surface area contributed by atoms with Crippen molar-refractivity contribution >= 4 is 17.5 Å². The Morgan fingerprint density at radius 2 is 2.07 bits per heavy atom. The molecule has 1 aliphatic heterocycles. The summed E-state index contributed by atoms with van der Waals surface area (Å²) in [5.41, 5.74) is 0. The summed E-state index contributed by atoms with van der Waals surface area (Å²) in [7, 11) is 0. The molecule has 0 amide bonds. The topological polar surface area (TPSA) is 20.3 Å². The molecule has 1 saturated carbocycles. The Balaban J connectivity index is 1.95. The molecule has 0 radical (unpaired) electrons. The van der Waals surface area contributed by atoms with Crippen LogP contribution in [-0.4, -0.2) is 41.3 Å². The summed E-state index contributed by atoms with van der Waals surface area (Å²) in [6, 6.07) is 0.553. The van der Waals surface area contributed by atoms with Gasteiger partial charge in [-0.25, -0.2) is 0 Å². The maximum Gasteiger partial charge on any atom is 0.134 e. The van der Waals surface area contributed by atoms with Crippen LogP contribution in [-0.2, 0) is 4.79 Å². The van der Waals surface area contributed by atoms with E-state index in [4.69, 9.17) is 0 Å².